The lowest BCUT2D eigenvalue weighted by Crippen LogP contribution is -2.39. The fraction of sp³-hybridized carbons (Fsp3) is 0.583. The Morgan fingerprint density at radius 1 is 1.33 bits per heavy atom. The van der Waals surface area contributed by atoms with Gasteiger partial charge in [-0.05, 0) is 13.1 Å². The van der Waals surface area contributed by atoms with E-state index in [-0.39, 0.29) is 11.8 Å². The average Bonchev–Trinajstić information content (AvgIpc) is 2.61. The van der Waals surface area contributed by atoms with Crippen LogP contribution in [0.1, 0.15) is 0 Å². The van der Waals surface area contributed by atoms with Crippen LogP contribution < -0.4 is 10.2 Å². The standard InChI is InChI=1S/C12H19N5O/c1-13-11(18)10-8-16(2)6-7-17(9-10)12-14-4-3-5-15-12/h3-5,10H,6-9H2,1-2H3,(H,13,18)/t10-/m1/s1. The third-order valence-electron chi connectivity index (χ3n) is 3.18. The fourth-order valence-electron chi connectivity index (χ4n) is 2.18. The van der Waals surface area contributed by atoms with Gasteiger partial charge in [0.05, 0.1) is 5.92 Å². The van der Waals surface area contributed by atoms with Gasteiger partial charge in [0.2, 0.25) is 11.9 Å². The highest BCUT2D eigenvalue weighted by atomic mass is 16.1. The van der Waals surface area contributed by atoms with Crippen molar-refractivity contribution in [3.05, 3.63) is 18.5 Å². The van der Waals surface area contributed by atoms with Crippen LogP contribution >= 0.6 is 0 Å². The van der Waals surface area contributed by atoms with Crippen molar-refractivity contribution < 1.29 is 4.79 Å². The number of aromatic nitrogens is 2. The van der Waals surface area contributed by atoms with Gasteiger partial charge in [-0.15, -0.1) is 0 Å². The van der Waals surface area contributed by atoms with Crippen LogP contribution in [-0.4, -0.2) is 61.0 Å². The van der Waals surface area contributed by atoms with Crippen molar-refractivity contribution in [2.75, 3.05) is 45.2 Å². The van der Waals surface area contributed by atoms with Crippen molar-refractivity contribution in [2.45, 2.75) is 0 Å². The maximum absolute atomic E-state index is 11.8. The second-order valence-corrected chi connectivity index (χ2v) is 4.57. The minimum Gasteiger partial charge on any atom is -0.359 e. The molecular formula is C12H19N5O. The monoisotopic (exact) mass is 249 g/mol. The Morgan fingerprint density at radius 3 is 2.72 bits per heavy atom. The van der Waals surface area contributed by atoms with Gasteiger partial charge in [-0.1, -0.05) is 0 Å². The van der Waals surface area contributed by atoms with E-state index >= 15 is 0 Å². The lowest BCUT2D eigenvalue weighted by molar-refractivity contribution is -0.124. The summed E-state index contributed by atoms with van der Waals surface area (Å²) >= 11 is 0. The highest BCUT2D eigenvalue weighted by molar-refractivity contribution is 5.79. The first-order chi connectivity index (χ1) is 8.70. The summed E-state index contributed by atoms with van der Waals surface area (Å²) in [6.07, 6.45) is 3.46. The van der Waals surface area contributed by atoms with Crippen LogP contribution in [0, 0.1) is 5.92 Å². The Balaban J connectivity index is 2.14. The number of rotatable bonds is 2. The van der Waals surface area contributed by atoms with Crippen LogP contribution in [0.3, 0.4) is 0 Å². The Hall–Kier alpha value is -1.69. The second-order valence-electron chi connectivity index (χ2n) is 4.57. The summed E-state index contributed by atoms with van der Waals surface area (Å²) < 4.78 is 0. The zero-order valence-corrected chi connectivity index (χ0v) is 10.8. The molecule has 0 bridgehead atoms. The van der Waals surface area contributed by atoms with E-state index in [0.29, 0.717) is 12.5 Å². The van der Waals surface area contributed by atoms with Gasteiger partial charge in [0.1, 0.15) is 0 Å². The third-order valence-corrected chi connectivity index (χ3v) is 3.18. The first kappa shape index (κ1) is 12.8. The minimum atomic E-state index is -0.0497. The molecule has 18 heavy (non-hydrogen) atoms. The van der Waals surface area contributed by atoms with E-state index < -0.39 is 0 Å². The van der Waals surface area contributed by atoms with Crippen LogP contribution in [-0.2, 0) is 4.79 Å². The second kappa shape index (κ2) is 5.77. The quantitative estimate of drug-likeness (QED) is 0.772. The van der Waals surface area contributed by atoms with E-state index in [1.54, 1.807) is 25.5 Å². The molecule has 1 saturated heterocycles. The van der Waals surface area contributed by atoms with E-state index in [4.69, 9.17) is 0 Å². The van der Waals surface area contributed by atoms with E-state index in [2.05, 4.69) is 25.1 Å². The molecule has 1 aliphatic rings. The lowest BCUT2D eigenvalue weighted by Gasteiger charge is -2.22. The van der Waals surface area contributed by atoms with Crippen LogP contribution in [0.4, 0.5) is 5.95 Å². The normalized spacial score (nSPS) is 21.4. The molecule has 1 atom stereocenters. The van der Waals surface area contributed by atoms with Gasteiger partial charge in [0.25, 0.3) is 0 Å². The van der Waals surface area contributed by atoms with Crippen molar-refractivity contribution in [3.63, 3.8) is 0 Å². The van der Waals surface area contributed by atoms with E-state index in [1.165, 1.54) is 0 Å². The number of carbonyl (C=O) groups is 1. The highest BCUT2D eigenvalue weighted by Gasteiger charge is 2.26. The molecule has 0 radical (unpaired) electrons. The molecule has 2 heterocycles. The molecule has 1 aromatic rings. The first-order valence-electron chi connectivity index (χ1n) is 6.13. The van der Waals surface area contributed by atoms with E-state index in [9.17, 15) is 4.79 Å². The summed E-state index contributed by atoms with van der Waals surface area (Å²) in [7, 11) is 3.71. The number of hydrogen-bond donors (Lipinski definition) is 1. The summed E-state index contributed by atoms with van der Waals surface area (Å²) in [6, 6.07) is 1.80. The predicted molar refractivity (Wildman–Crippen MR) is 69.3 cm³/mol. The zero-order valence-electron chi connectivity index (χ0n) is 10.8. The summed E-state index contributed by atoms with van der Waals surface area (Å²) in [6.45, 7) is 3.18. The molecule has 6 heteroatoms. The summed E-state index contributed by atoms with van der Waals surface area (Å²) in [4.78, 5) is 24.6. The summed E-state index contributed by atoms with van der Waals surface area (Å²) in [5, 5.41) is 2.72. The molecule has 1 amide bonds. The molecule has 6 nitrogen and oxygen atoms in total. The number of amides is 1. The molecule has 1 fully saturated rings. The van der Waals surface area contributed by atoms with Gasteiger partial charge >= 0.3 is 0 Å². The van der Waals surface area contributed by atoms with Gasteiger partial charge in [-0.3, -0.25) is 4.79 Å². The largest absolute Gasteiger partial charge is 0.359 e. The molecule has 0 aliphatic carbocycles. The molecule has 98 valence electrons. The number of anilines is 1. The molecule has 1 N–H and O–H groups in total. The Kier molecular flexibility index (Phi) is 4.09. The average molecular weight is 249 g/mol. The van der Waals surface area contributed by atoms with Gasteiger partial charge in [-0.2, -0.15) is 0 Å². The van der Waals surface area contributed by atoms with Crippen LogP contribution in [0.25, 0.3) is 0 Å². The third kappa shape index (κ3) is 2.95. The Morgan fingerprint density at radius 2 is 2.06 bits per heavy atom. The Labute approximate surface area is 107 Å². The fourth-order valence-corrected chi connectivity index (χ4v) is 2.18. The van der Waals surface area contributed by atoms with Crippen molar-refractivity contribution in [1.82, 2.24) is 20.2 Å². The van der Waals surface area contributed by atoms with Crippen molar-refractivity contribution >= 4 is 11.9 Å². The highest BCUT2D eigenvalue weighted by Crippen LogP contribution is 2.13. The van der Waals surface area contributed by atoms with Gasteiger partial charge in [-0.25, -0.2) is 9.97 Å². The van der Waals surface area contributed by atoms with Gasteiger partial charge in [0, 0.05) is 45.6 Å². The first-order valence-corrected chi connectivity index (χ1v) is 6.13. The van der Waals surface area contributed by atoms with Crippen LogP contribution in [0.2, 0.25) is 0 Å². The van der Waals surface area contributed by atoms with Gasteiger partial charge in [0.15, 0.2) is 0 Å². The number of nitrogens with one attached hydrogen (secondary N) is 1. The minimum absolute atomic E-state index is 0.0497. The van der Waals surface area contributed by atoms with Crippen LogP contribution in [0.5, 0.6) is 0 Å². The molecule has 0 unspecified atom stereocenters. The topological polar surface area (TPSA) is 61.4 Å². The maximum atomic E-state index is 11.8. The Bertz CT molecular complexity index is 397. The number of carbonyl (C=O) groups excluding carboxylic acids is 1. The molecule has 0 aromatic carbocycles. The van der Waals surface area contributed by atoms with E-state index in [0.717, 1.165) is 19.6 Å². The number of likely N-dealkylation sites (N-methyl/N-ethyl adjacent to an activating group) is 1. The van der Waals surface area contributed by atoms with Crippen molar-refractivity contribution in [1.29, 1.82) is 0 Å². The SMILES string of the molecule is CNC(=O)[C@@H]1CN(C)CCN(c2ncccn2)C1. The summed E-state index contributed by atoms with van der Waals surface area (Å²) in [5.41, 5.74) is 0. The summed E-state index contributed by atoms with van der Waals surface area (Å²) in [5.74, 6) is 0.720. The van der Waals surface area contributed by atoms with Crippen molar-refractivity contribution in [2.24, 2.45) is 5.92 Å². The molecule has 1 aromatic heterocycles. The van der Waals surface area contributed by atoms with Crippen molar-refractivity contribution in [3.8, 4) is 0 Å². The number of nitrogens with zero attached hydrogens (tertiary/aromatic N) is 4. The molecule has 0 spiro atoms. The molecule has 1 aliphatic heterocycles. The maximum Gasteiger partial charge on any atom is 0.225 e. The van der Waals surface area contributed by atoms with E-state index in [1.807, 2.05) is 7.05 Å². The number of hydrogen-bond acceptors (Lipinski definition) is 5. The van der Waals surface area contributed by atoms with Crippen LogP contribution in [0.15, 0.2) is 18.5 Å². The zero-order chi connectivity index (χ0) is 13.0. The molecule has 0 saturated carbocycles. The molecule has 2 rings (SSSR count). The predicted octanol–water partition coefficient (Wildman–Crippen LogP) is -0.409. The smallest absolute Gasteiger partial charge is 0.225 e. The molecular weight excluding hydrogens is 230 g/mol. The van der Waals surface area contributed by atoms with Gasteiger partial charge < -0.3 is 15.1 Å². The lowest BCUT2D eigenvalue weighted by atomic mass is 10.1.